The fourth-order valence-electron chi connectivity index (χ4n) is 1.57. The first-order valence-corrected chi connectivity index (χ1v) is 6.20. The van der Waals surface area contributed by atoms with Crippen molar-refractivity contribution in [3.05, 3.63) is 0 Å². The van der Waals surface area contributed by atoms with E-state index in [9.17, 15) is 8.42 Å². The van der Waals surface area contributed by atoms with Gasteiger partial charge in [-0.1, -0.05) is 0 Å². The minimum Gasteiger partial charge on any atom is -0.327 e. The van der Waals surface area contributed by atoms with E-state index < -0.39 is 9.84 Å². The molecule has 13 heavy (non-hydrogen) atoms. The molecule has 1 aliphatic rings. The lowest BCUT2D eigenvalue weighted by Crippen LogP contribution is -2.29. The van der Waals surface area contributed by atoms with Gasteiger partial charge < -0.3 is 5.73 Å². The third-order valence-electron chi connectivity index (χ3n) is 2.52. The Hall–Kier alpha value is -0.600. The maximum absolute atomic E-state index is 11.2. The van der Waals surface area contributed by atoms with Gasteiger partial charge in [-0.2, -0.15) is 5.26 Å². The molecule has 0 amide bonds. The molecule has 0 unspecified atom stereocenters. The molecule has 2 N–H and O–H groups in total. The molecule has 74 valence electrons. The molecular weight excluding hydrogens is 188 g/mol. The molecule has 0 aromatic carbocycles. The van der Waals surface area contributed by atoms with Crippen LogP contribution in [-0.4, -0.2) is 26.0 Å². The number of sulfone groups is 1. The highest BCUT2D eigenvalue weighted by molar-refractivity contribution is 7.91. The second-order valence-electron chi connectivity index (χ2n) is 3.52. The Balaban J connectivity index is 2.66. The van der Waals surface area contributed by atoms with E-state index in [1.54, 1.807) is 0 Å². The Morgan fingerprint density at radius 3 is 2.62 bits per heavy atom. The maximum Gasteiger partial charge on any atom is 0.150 e. The molecule has 4 nitrogen and oxygen atoms in total. The number of rotatable bonds is 1. The van der Waals surface area contributed by atoms with Gasteiger partial charge >= 0.3 is 0 Å². The summed E-state index contributed by atoms with van der Waals surface area (Å²) in [6.07, 6.45) is 1.41. The molecule has 2 atom stereocenters. The highest BCUT2D eigenvalue weighted by atomic mass is 32.2. The van der Waals surface area contributed by atoms with Gasteiger partial charge in [0.25, 0.3) is 0 Å². The number of hydrogen-bond donors (Lipinski definition) is 1. The molecule has 0 spiro atoms. The van der Waals surface area contributed by atoms with Gasteiger partial charge in [-0.25, -0.2) is 8.42 Å². The average Bonchev–Trinajstić information content (AvgIpc) is 2.18. The lowest BCUT2D eigenvalue weighted by atomic mass is 9.93. The maximum atomic E-state index is 11.2. The Morgan fingerprint density at radius 2 is 2.00 bits per heavy atom. The molecule has 1 aliphatic heterocycles. The smallest absolute Gasteiger partial charge is 0.150 e. The number of hydrogen-bond acceptors (Lipinski definition) is 4. The van der Waals surface area contributed by atoms with Gasteiger partial charge in [0.15, 0.2) is 0 Å². The summed E-state index contributed by atoms with van der Waals surface area (Å²) in [5, 5.41) is 8.50. The van der Waals surface area contributed by atoms with Crippen LogP contribution in [-0.2, 0) is 9.84 Å². The molecule has 0 aromatic rings. The second kappa shape index (κ2) is 4.07. The summed E-state index contributed by atoms with van der Waals surface area (Å²) < 4.78 is 22.5. The number of nitrogens with two attached hydrogens (primary N) is 1. The van der Waals surface area contributed by atoms with Crippen molar-refractivity contribution in [3.63, 3.8) is 0 Å². The summed E-state index contributed by atoms with van der Waals surface area (Å²) in [6.45, 7) is 0. The summed E-state index contributed by atoms with van der Waals surface area (Å²) >= 11 is 0. The highest BCUT2D eigenvalue weighted by Crippen LogP contribution is 2.20. The molecule has 0 aromatic heterocycles. The Bertz CT molecular complexity index is 305. The van der Waals surface area contributed by atoms with E-state index >= 15 is 0 Å². The Morgan fingerprint density at radius 1 is 1.38 bits per heavy atom. The van der Waals surface area contributed by atoms with Gasteiger partial charge in [0.2, 0.25) is 0 Å². The van der Waals surface area contributed by atoms with Crippen molar-refractivity contribution >= 4 is 9.84 Å². The van der Waals surface area contributed by atoms with Crippen LogP contribution in [0.4, 0.5) is 0 Å². The molecular formula is C8H14N2O2S. The Kier molecular flexibility index (Phi) is 3.28. The topological polar surface area (TPSA) is 84.0 Å². The van der Waals surface area contributed by atoms with Crippen molar-refractivity contribution < 1.29 is 8.42 Å². The Labute approximate surface area is 78.6 Å². The fraction of sp³-hybridized carbons (Fsp3) is 0.875. The van der Waals surface area contributed by atoms with Crippen molar-refractivity contribution in [2.24, 2.45) is 11.7 Å². The minimum absolute atomic E-state index is 0.0577. The normalized spacial score (nSPS) is 33.2. The van der Waals surface area contributed by atoms with Crippen LogP contribution in [0, 0.1) is 17.2 Å². The predicted octanol–water partition coefficient (Wildman–Crippen LogP) is 0.0522. The third-order valence-corrected chi connectivity index (χ3v) is 4.24. The van der Waals surface area contributed by atoms with Gasteiger partial charge in [-0.05, 0) is 18.8 Å². The van der Waals surface area contributed by atoms with E-state index in [4.69, 9.17) is 11.0 Å². The van der Waals surface area contributed by atoms with Gasteiger partial charge in [0, 0.05) is 12.5 Å². The third kappa shape index (κ3) is 2.98. The summed E-state index contributed by atoms with van der Waals surface area (Å²) in [5.41, 5.74) is 5.77. The van der Waals surface area contributed by atoms with E-state index in [-0.39, 0.29) is 23.5 Å². The zero-order valence-electron chi connectivity index (χ0n) is 7.44. The van der Waals surface area contributed by atoms with Crippen LogP contribution >= 0.6 is 0 Å². The first-order chi connectivity index (χ1) is 6.05. The lowest BCUT2D eigenvalue weighted by Gasteiger charge is -2.16. The second-order valence-corrected chi connectivity index (χ2v) is 5.82. The van der Waals surface area contributed by atoms with Crippen LogP contribution in [0.1, 0.15) is 19.3 Å². The molecule has 1 heterocycles. The van der Waals surface area contributed by atoms with E-state index in [1.165, 1.54) is 0 Å². The minimum atomic E-state index is -2.89. The highest BCUT2D eigenvalue weighted by Gasteiger charge is 2.26. The molecule has 0 radical (unpaired) electrons. The van der Waals surface area contributed by atoms with Crippen LogP contribution in [0.2, 0.25) is 0 Å². The van der Waals surface area contributed by atoms with Gasteiger partial charge in [-0.15, -0.1) is 0 Å². The molecule has 0 saturated carbocycles. The van der Waals surface area contributed by atoms with Crippen LogP contribution in [0.25, 0.3) is 0 Å². The van der Waals surface area contributed by atoms with Crippen molar-refractivity contribution in [3.8, 4) is 6.07 Å². The van der Waals surface area contributed by atoms with E-state index in [2.05, 4.69) is 0 Å². The molecule has 0 bridgehead atoms. The summed E-state index contributed by atoms with van der Waals surface area (Å²) in [4.78, 5) is 0. The zero-order chi connectivity index (χ0) is 9.90. The molecule has 1 saturated heterocycles. The van der Waals surface area contributed by atoms with Gasteiger partial charge in [-0.3, -0.25) is 0 Å². The molecule has 1 fully saturated rings. The van der Waals surface area contributed by atoms with Crippen molar-refractivity contribution in [2.75, 3.05) is 11.5 Å². The van der Waals surface area contributed by atoms with Gasteiger partial charge in [0.1, 0.15) is 9.84 Å². The van der Waals surface area contributed by atoms with Crippen LogP contribution in [0.15, 0.2) is 0 Å². The zero-order valence-corrected chi connectivity index (χ0v) is 8.26. The van der Waals surface area contributed by atoms with Crippen molar-refractivity contribution in [1.82, 2.24) is 0 Å². The summed E-state index contributed by atoms with van der Waals surface area (Å²) in [7, 11) is -2.89. The molecule has 0 aliphatic carbocycles. The standard InChI is InChI=1S/C8H14N2O2S/c9-4-1-7-2-5-13(11,12)6-3-8(7)10/h7-8H,1-3,5-6,10H2/t7-,8-/m0/s1. The lowest BCUT2D eigenvalue weighted by molar-refractivity contribution is 0.416. The van der Waals surface area contributed by atoms with Crippen LogP contribution in [0.3, 0.4) is 0 Å². The monoisotopic (exact) mass is 202 g/mol. The van der Waals surface area contributed by atoms with E-state index in [1.807, 2.05) is 6.07 Å². The molecule has 5 heteroatoms. The quantitative estimate of drug-likeness (QED) is 0.651. The molecule has 1 rings (SSSR count). The van der Waals surface area contributed by atoms with Crippen molar-refractivity contribution in [2.45, 2.75) is 25.3 Å². The first-order valence-electron chi connectivity index (χ1n) is 4.38. The fourth-order valence-corrected chi connectivity index (χ4v) is 3.07. The van der Waals surface area contributed by atoms with Crippen LogP contribution < -0.4 is 5.73 Å². The average molecular weight is 202 g/mol. The van der Waals surface area contributed by atoms with E-state index in [0.717, 1.165) is 0 Å². The largest absolute Gasteiger partial charge is 0.327 e. The predicted molar refractivity (Wildman–Crippen MR) is 49.6 cm³/mol. The van der Waals surface area contributed by atoms with E-state index in [0.29, 0.717) is 19.3 Å². The van der Waals surface area contributed by atoms with Gasteiger partial charge in [0.05, 0.1) is 17.6 Å². The first kappa shape index (κ1) is 10.5. The number of nitrogens with zero attached hydrogens (tertiary/aromatic N) is 1. The SMILES string of the molecule is N#CC[C@H]1CCS(=O)(=O)CC[C@@H]1N. The van der Waals surface area contributed by atoms with Crippen LogP contribution in [0.5, 0.6) is 0 Å². The summed E-state index contributed by atoms with van der Waals surface area (Å²) in [5.74, 6) is 0.422. The summed E-state index contributed by atoms with van der Waals surface area (Å²) in [6, 6.07) is 1.92. The van der Waals surface area contributed by atoms with Crippen molar-refractivity contribution in [1.29, 1.82) is 5.26 Å². The number of nitriles is 1.